The van der Waals surface area contributed by atoms with E-state index in [2.05, 4.69) is 4.98 Å². The van der Waals surface area contributed by atoms with Crippen molar-refractivity contribution >= 4 is 17.3 Å². The normalized spacial score (nSPS) is 14.1. The first-order valence-electron chi connectivity index (χ1n) is 7.13. The van der Waals surface area contributed by atoms with Crippen molar-refractivity contribution in [2.75, 3.05) is 6.61 Å². The van der Waals surface area contributed by atoms with E-state index in [1.807, 2.05) is 31.2 Å². The van der Waals surface area contributed by atoms with Gasteiger partial charge in [0.05, 0.1) is 12.3 Å². The summed E-state index contributed by atoms with van der Waals surface area (Å²) in [6.45, 7) is 2.71. The quantitative estimate of drug-likeness (QED) is 0.880. The Balaban J connectivity index is 1.77. The lowest BCUT2D eigenvalue weighted by molar-refractivity contribution is 0.0701. The van der Waals surface area contributed by atoms with Gasteiger partial charge in [0.25, 0.3) is 0 Å². The molecule has 0 unspecified atom stereocenters. The average Bonchev–Trinajstić information content (AvgIpc) is 3.22. The fraction of sp³-hybridized carbons (Fsp3) is 0.375. The zero-order chi connectivity index (χ0) is 14.8. The molecule has 0 radical (unpaired) electrons. The smallest absolute Gasteiger partial charge is 0.347 e. The molecule has 0 bridgehead atoms. The number of carboxylic acids is 1. The topological polar surface area (TPSA) is 59.4 Å². The van der Waals surface area contributed by atoms with E-state index in [4.69, 9.17) is 4.74 Å². The van der Waals surface area contributed by atoms with Crippen LogP contribution in [0.5, 0.6) is 5.75 Å². The van der Waals surface area contributed by atoms with Crippen molar-refractivity contribution in [1.29, 1.82) is 0 Å². The van der Waals surface area contributed by atoms with Crippen LogP contribution >= 0.6 is 11.3 Å². The van der Waals surface area contributed by atoms with Crippen molar-refractivity contribution in [3.05, 3.63) is 34.8 Å². The van der Waals surface area contributed by atoms with Crippen LogP contribution in [0.1, 0.15) is 35.1 Å². The number of carboxylic acid groups (broad SMARTS) is 1. The Morgan fingerprint density at radius 2 is 2.10 bits per heavy atom. The molecule has 1 heterocycles. The van der Waals surface area contributed by atoms with E-state index in [0.717, 1.165) is 28.8 Å². The lowest BCUT2D eigenvalue weighted by atomic mass is 10.2. The molecule has 1 saturated carbocycles. The Morgan fingerprint density at radius 3 is 2.62 bits per heavy atom. The summed E-state index contributed by atoms with van der Waals surface area (Å²) < 4.78 is 5.70. The molecule has 1 aromatic heterocycles. The lowest BCUT2D eigenvalue weighted by Gasteiger charge is -2.05. The number of rotatable bonds is 6. The highest BCUT2D eigenvalue weighted by atomic mass is 32.1. The van der Waals surface area contributed by atoms with Crippen LogP contribution in [0.4, 0.5) is 0 Å². The number of hydrogen-bond donors (Lipinski definition) is 1. The van der Waals surface area contributed by atoms with Crippen LogP contribution in [0.3, 0.4) is 0 Å². The standard InChI is InChI=1S/C16H17NO3S/c1-2-13-14(16(18)19)21-15(17-13)11-5-7-12(8-6-11)20-9-10-3-4-10/h5-8,10H,2-4,9H2,1H3,(H,18,19). The van der Waals surface area contributed by atoms with Gasteiger partial charge in [-0.15, -0.1) is 11.3 Å². The first kappa shape index (κ1) is 14.1. The lowest BCUT2D eigenvalue weighted by Crippen LogP contribution is -1.98. The van der Waals surface area contributed by atoms with Crippen molar-refractivity contribution in [2.24, 2.45) is 5.92 Å². The van der Waals surface area contributed by atoms with Crippen LogP contribution < -0.4 is 4.74 Å². The van der Waals surface area contributed by atoms with Crippen molar-refractivity contribution in [3.8, 4) is 16.3 Å². The molecule has 4 nitrogen and oxygen atoms in total. The maximum Gasteiger partial charge on any atom is 0.347 e. The number of carbonyl (C=O) groups is 1. The summed E-state index contributed by atoms with van der Waals surface area (Å²) in [5.74, 6) is 0.685. The summed E-state index contributed by atoms with van der Waals surface area (Å²) >= 11 is 1.23. The minimum Gasteiger partial charge on any atom is -0.493 e. The number of benzene rings is 1. The molecule has 0 saturated heterocycles. The van der Waals surface area contributed by atoms with E-state index in [1.165, 1.54) is 24.2 Å². The summed E-state index contributed by atoms with van der Waals surface area (Å²) in [6.07, 6.45) is 3.17. The SMILES string of the molecule is CCc1nc(-c2ccc(OCC3CC3)cc2)sc1C(=O)O. The Morgan fingerprint density at radius 1 is 1.38 bits per heavy atom. The highest BCUT2D eigenvalue weighted by Crippen LogP contribution is 2.31. The molecule has 2 aromatic rings. The van der Waals surface area contributed by atoms with Crippen LogP contribution in [-0.2, 0) is 6.42 Å². The Labute approximate surface area is 127 Å². The maximum atomic E-state index is 11.2. The van der Waals surface area contributed by atoms with E-state index in [1.54, 1.807) is 0 Å². The van der Waals surface area contributed by atoms with Gasteiger partial charge in [0, 0.05) is 5.56 Å². The van der Waals surface area contributed by atoms with Gasteiger partial charge in [-0.1, -0.05) is 6.92 Å². The highest BCUT2D eigenvalue weighted by molar-refractivity contribution is 7.17. The van der Waals surface area contributed by atoms with Gasteiger partial charge in [-0.2, -0.15) is 0 Å². The van der Waals surface area contributed by atoms with E-state index in [-0.39, 0.29) is 0 Å². The molecular formula is C16H17NO3S. The number of hydrogen-bond acceptors (Lipinski definition) is 4. The Bertz CT molecular complexity index is 644. The monoisotopic (exact) mass is 303 g/mol. The molecule has 0 atom stereocenters. The van der Waals surface area contributed by atoms with Crippen molar-refractivity contribution in [3.63, 3.8) is 0 Å². The van der Waals surface area contributed by atoms with Crippen LogP contribution in [-0.4, -0.2) is 22.7 Å². The predicted molar refractivity (Wildman–Crippen MR) is 82.1 cm³/mol. The van der Waals surface area contributed by atoms with E-state index in [9.17, 15) is 9.90 Å². The molecule has 3 rings (SSSR count). The van der Waals surface area contributed by atoms with E-state index >= 15 is 0 Å². The second-order valence-electron chi connectivity index (χ2n) is 5.23. The molecule has 110 valence electrons. The van der Waals surface area contributed by atoms with Gasteiger partial charge in [-0.3, -0.25) is 0 Å². The van der Waals surface area contributed by atoms with Gasteiger partial charge in [0.1, 0.15) is 15.6 Å². The first-order chi connectivity index (χ1) is 10.2. The summed E-state index contributed by atoms with van der Waals surface area (Å²) in [7, 11) is 0. The third kappa shape index (κ3) is 3.24. The van der Waals surface area contributed by atoms with Crippen molar-refractivity contribution in [1.82, 2.24) is 4.98 Å². The average molecular weight is 303 g/mol. The third-order valence-corrected chi connectivity index (χ3v) is 4.65. The van der Waals surface area contributed by atoms with Crippen LogP contribution in [0.25, 0.3) is 10.6 Å². The maximum absolute atomic E-state index is 11.2. The summed E-state index contributed by atoms with van der Waals surface area (Å²) in [4.78, 5) is 16.0. The number of aromatic carboxylic acids is 1. The van der Waals surface area contributed by atoms with Crippen LogP contribution in [0.2, 0.25) is 0 Å². The minimum atomic E-state index is -0.903. The molecule has 0 spiro atoms. The second-order valence-corrected chi connectivity index (χ2v) is 6.23. The molecule has 1 N–H and O–H groups in total. The highest BCUT2D eigenvalue weighted by Gasteiger charge is 2.22. The van der Waals surface area contributed by atoms with E-state index in [0.29, 0.717) is 17.0 Å². The summed E-state index contributed by atoms with van der Waals surface area (Å²) in [5.41, 5.74) is 1.58. The summed E-state index contributed by atoms with van der Waals surface area (Å²) in [5, 5.41) is 9.93. The van der Waals surface area contributed by atoms with Gasteiger partial charge in [-0.05, 0) is 49.4 Å². The number of aryl methyl sites for hydroxylation is 1. The fourth-order valence-corrected chi connectivity index (χ4v) is 3.07. The number of ether oxygens (including phenoxy) is 1. The largest absolute Gasteiger partial charge is 0.493 e. The fourth-order valence-electron chi connectivity index (χ4n) is 2.07. The molecular weight excluding hydrogens is 286 g/mol. The number of thiazole rings is 1. The zero-order valence-electron chi connectivity index (χ0n) is 11.8. The molecule has 5 heteroatoms. The summed E-state index contributed by atoms with van der Waals surface area (Å²) in [6, 6.07) is 7.72. The molecule has 21 heavy (non-hydrogen) atoms. The van der Waals surface area contributed by atoms with Crippen LogP contribution in [0, 0.1) is 5.92 Å². The van der Waals surface area contributed by atoms with Gasteiger partial charge >= 0.3 is 5.97 Å². The Hall–Kier alpha value is -1.88. The zero-order valence-corrected chi connectivity index (χ0v) is 12.7. The minimum absolute atomic E-state index is 0.335. The van der Waals surface area contributed by atoms with Crippen molar-refractivity contribution in [2.45, 2.75) is 26.2 Å². The first-order valence-corrected chi connectivity index (χ1v) is 7.95. The Kier molecular flexibility index (Phi) is 3.92. The number of aromatic nitrogens is 1. The number of nitrogens with zero attached hydrogens (tertiary/aromatic N) is 1. The molecule has 1 aliphatic rings. The van der Waals surface area contributed by atoms with Gasteiger partial charge in [0.15, 0.2) is 0 Å². The predicted octanol–water partition coefficient (Wildman–Crippen LogP) is 3.86. The van der Waals surface area contributed by atoms with Gasteiger partial charge in [-0.25, -0.2) is 9.78 Å². The van der Waals surface area contributed by atoms with E-state index < -0.39 is 5.97 Å². The molecule has 0 aliphatic heterocycles. The molecule has 1 aliphatic carbocycles. The molecule has 0 amide bonds. The molecule has 1 aromatic carbocycles. The van der Waals surface area contributed by atoms with Crippen LogP contribution in [0.15, 0.2) is 24.3 Å². The third-order valence-electron chi connectivity index (χ3n) is 3.51. The van der Waals surface area contributed by atoms with Crippen molar-refractivity contribution < 1.29 is 14.6 Å². The van der Waals surface area contributed by atoms with Gasteiger partial charge in [0.2, 0.25) is 0 Å². The van der Waals surface area contributed by atoms with Gasteiger partial charge < -0.3 is 9.84 Å². The second kappa shape index (κ2) is 5.85. The molecule has 1 fully saturated rings.